The lowest BCUT2D eigenvalue weighted by Gasteiger charge is -2.07. The van der Waals surface area contributed by atoms with Gasteiger partial charge in [0.15, 0.2) is 5.75 Å². The van der Waals surface area contributed by atoms with Crippen molar-refractivity contribution in [2.45, 2.75) is 26.7 Å². The third kappa shape index (κ3) is 4.95. The molecule has 1 aromatic carbocycles. The van der Waals surface area contributed by atoms with E-state index in [4.69, 9.17) is 9.47 Å². The smallest absolute Gasteiger partial charge is 0.311 e. The fourth-order valence-electron chi connectivity index (χ4n) is 1.52. The van der Waals surface area contributed by atoms with Gasteiger partial charge in [0.2, 0.25) is 0 Å². The minimum Gasteiger partial charge on any atom is -0.487 e. The van der Waals surface area contributed by atoms with E-state index in [0.717, 1.165) is 5.56 Å². The van der Waals surface area contributed by atoms with Crippen LogP contribution in [-0.2, 0) is 9.53 Å². The number of carbonyl (C=O) groups excluding carboxylic acids is 1. The van der Waals surface area contributed by atoms with Gasteiger partial charge in [-0.15, -0.1) is 0 Å². The number of rotatable bonds is 7. The van der Waals surface area contributed by atoms with Gasteiger partial charge in [-0.05, 0) is 31.9 Å². The highest BCUT2D eigenvalue weighted by atomic mass is 16.6. The SMILES string of the molecule is CCOC(=O)CCCOc1ccc(C)cc1[N+](=O)[O-]. The lowest BCUT2D eigenvalue weighted by Crippen LogP contribution is -2.07. The predicted octanol–water partition coefficient (Wildman–Crippen LogP) is 2.63. The van der Waals surface area contributed by atoms with Crippen molar-refractivity contribution in [1.29, 1.82) is 0 Å². The Morgan fingerprint density at radius 1 is 1.42 bits per heavy atom. The van der Waals surface area contributed by atoms with Crippen molar-refractivity contribution in [3.63, 3.8) is 0 Å². The summed E-state index contributed by atoms with van der Waals surface area (Å²) in [4.78, 5) is 21.5. The zero-order valence-electron chi connectivity index (χ0n) is 11.0. The molecule has 0 N–H and O–H groups in total. The minimum absolute atomic E-state index is 0.0591. The fourth-order valence-corrected chi connectivity index (χ4v) is 1.52. The summed E-state index contributed by atoms with van der Waals surface area (Å²) >= 11 is 0. The number of nitro benzene ring substituents is 1. The van der Waals surface area contributed by atoms with E-state index in [1.54, 1.807) is 26.0 Å². The average molecular weight is 267 g/mol. The van der Waals surface area contributed by atoms with Gasteiger partial charge >= 0.3 is 11.7 Å². The molecule has 0 spiro atoms. The average Bonchev–Trinajstić information content (AvgIpc) is 2.36. The molecule has 0 unspecified atom stereocenters. The van der Waals surface area contributed by atoms with Crippen molar-refractivity contribution >= 4 is 11.7 Å². The molecule has 0 aliphatic rings. The molecule has 0 fully saturated rings. The van der Waals surface area contributed by atoms with Gasteiger partial charge in [-0.1, -0.05) is 6.07 Å². The van der Waals surface area contributed by atoms with E-state index in [9.17, 15) is 14.9 Å². The van der Waals surface area contributed by atoms with Gasteiger partial charge in [0.25, 0.3) is 0 Å². The van der Waals surface area contributed by atoms with E-state index in [2.05, 4.69) is 0 Å². The summed E-state index contributed by atoms with van der Waals surface area (Å²) in [5.74, 6) is -0.0658. The second kappa shape index (κ2) is 7.35. The number of benzene rings is 1. The molecule has 0 bridgehead atoms. The maximum absolute atomic E-state index is 11.1. The van der Waals surface area contributed by atoms with Crippen LogP contribution in [0.4, 0.5) is 5.69 Å². The molecule has 0 amide bonds. The number of hydrogen-bond donors (Lipinski definition) is 0. The maximum Gasteiger partial charge on any atom is 0.311 e. The monoisotopic (exact) mass is 267 g/mol. The van der Waals surface area contributed by atoms with Gasteiger partial charge in [0.1, 0.15) is 0 Å². The molecule has 0 aromatic heterocycles. The Morgan fingerprint density at radius 3 is 2.79 bits per heavy atom. The Kier molecular flexibility index (Phi) is 5.78. The van der Waals surface area contributed by atoms with Gasteiger partial charge in [0.05, 0.1) is 18.1 Å². The zero-order valence-corrected chi connectivity index (χ0v) is 11.0. The van der Waals surface area contributed by atoms with E-state index >= 15 is 0 Å². The van der Waals surface area contributed by atoms with Crippen molar-refractivity contribution in [3.05, 3.63) is 33.9 Å². The van der Waals surface area contributed by atoms with Gasteiger partial charge < -0.3 is 9.47 Å². The molecular weight excluding hydrogens is 250 g/mol. The second-order valence-corrected chi connectivity index (χ2v) is 3.99. The molecule has 0 saturated carbocycles. The first kappa shape index (κ1) is 14.9. The number of nitro groups is 1. The third-order valence-electron chi connectivity index (χ3n) is 2.40. The predicted molar refractivity (Wildman–Crippen MR) is 69.2 cm³/mol. The maximum atomic E-state index is 11.1. The highest BCUT2D eigenvalue weighted by Crippen LogP contribution is 2.27. The van der Waals surface area contributed by atoms with Crippen molar-refractivity contribution in [2.75, 3.05) is 13.2 Å². The molecule has 1 aromatic rings. The summed E-state index contributed by atoms with van der Waals surface area (Å²) in [7, 11) is 0. The molecule has 0 aliphatic heterocycles. The molecule has 0 atom stereocenters. The van der Waals surface area contributed by atoms with E-state index in [1.807, 2.05) is 0 Å². The summed E-state index contributed by atoms with van der Waals surface area (Å²) in [5.41, 5.74) is 0.738. The molecule has 19 heavy (non-hydrogen) atoms. The van der Waals surface area contributed by atoms with Crippen molar-refractivity contribution in [2.24, 2.45) is 0 Å². The lowest BCUT2D eigenvalue weighted by molar-refractivity contribution is -0.385. The molecule has 0 saturated heterocycles. The van der Waals surface area contributed by atoms with Crippen LogP contribution in [0.1, 0.15) is 25.3 Å². The Morgan fingerprint density at radius 2 is 2.16 bits per heavy atom. The molecule has 0 radical (unpaired) electrons. The minimum atomic E-state index is -0.478. The second-order valence-electron chi connectivity index (χ2n) is 3.99. The molecule has 0 heterocycles. The highest BCUT2D eigenvalue weighted by molar-refractivity contribution is 5.69. The Bertz CT molecular complexity index is 458. The van der Waals surface area contributed by atoms with Crippen LogP contribution in [0.15, 0.2) is 18.2 Å². The van der Waals surface area contributed by atoms with Gasteiger partial charge in [-0.3, -0.25) is 14.9 Å². The highest BCUT2D eigenvalue weighted by Gasteiger charge is 2.15. The molecular formula is C13H17NO5. The molecule has 0 aliphatic carbocycles. The Hall–Kier alpha value is -2.11. The topological polar surface area (TPSA) is 78.7 Å². The number of ether oxygens (including phenoxy) is 2. The Balaban J connectivity index is 2.49. The van der Waals surface area contributed by atoms with Gasteiger partial charge in [-0.25, -0.2) is 0 Å². The zero-order chi connectivity index (χ0) is 14.3. The first-order valence-corrected chi connectivity index (χ1v) is 6.08. The number of esters is 1. The first-order valence-electron chi connectivity index (χ1n) is 6.08. The van der Waals surface area contributed by atoms with E-state index in [1.165, 1.54) is 6.07 Å². The largest absolute Gasteiger partial charge is 0.487 e. The van der Waals surface area contributed by atoms with Crippen molar-refractivity contribution in [1.82, 2.24) is 0 Å². The van der Waals surface area contributed by atoms with Crippen LogP contribution in [0.3, 0.4) is 0 Å². The van der Waals surface area contributed by atoms with Crippen LogP contribution in [0.2, 0.25) is 0 Å². The van der Waals surface area contributed by atoms with Gasteiger partial charge in [-0.2, -0.15) is 0 Å². The van der Waals surface area contributed by atoms with Crippen molar-refractivity contribution < 1.29 is 19.2 Å². The molecule has 6 heteroatoms. The molecule has 104 valence electrons. The van der Waals surface area contributed by atoms with Crippen molar-refractivity contribution in [3.8, 4) is 5.75 Å². The van der Waals surface area contributed by atoms with E-state index in [0.29, 0.717) is 13.0 Å². The number of nitrogens with zero attached hydrogens (tertiary/aromatic N) is 1. The van der Waals surface area contributed by atoms with Crippen LogP contribution in [0.5, 0.6) is 5.75 Å². The van der Waals surface area contributed by atoms with Crippen LogP contribution in [0, 0.1) is 17.0 Å². The van der Waals surface area contributed by atoms with Crippen LogP contribution >= 0.6 is 0 Å². The lowest BCUT2D eigenvalue weighted by atomic mass is 10.2. The standard InChI is InChI=1S/C13H17NO5/c1-3-18-13(15)5-4-8-19-12-7-6-10(2)9-11(12)14(16)17/h6-7,9H,3-5,8H2,1-2H3. The van der Waals surface area contributed by atoms with Gasteiger partial charge in [0, 0.05) is 12.5 Å². The normalized spacial score (nSPS) is 10.0. The number of hydrogen-bond acceptors (Lipinski definition) is 5. The third-order valence-corrected chi connectivity index (χ3v) is 2.40. The van der Waals surface area contributed by atoms with E-state index < -0.39 is 4.92 Å². The summed E-state index contributed by atoms with van der Waals surface area (Å²) in [6.07, 6.45) is 0.706. The molecule has 1 rings (SSSR count). The summed E-state index contributed by atoms with van der Waals surface area (Å²) in [5, 5.41) is 10.9. The Labute approximate surface area is 111 Å². The first-order chi connectivity index (χ1) is 9.04. The summed E-state index contributed by atoms with van der Waals surface area (Å²) < 4.78 is 10.1. The molecule has 6 nitrogen and oxygen atoms in total. The summed E-state index contributed by atoms with van der Waals surface area (Å²) in [6.45, 7) is 4.10. The number of carbonyl (C=O) groups is 1. The van der Waals surface area contributed by atoms with Crippen LogP contribution in [0.25, 0.3) is 0 Å². The van der Waals surface area contributed by atoms with Crippen LogP contribution < -0.4 is 4.74 Å². The number of aryl methyl sites for hydroxylation is 1. The quantitative estimate of drug-likeness (QED) is 0.328. The van der Waals surface area contributed by atoms with Crippen LogP contribution in [-0.4, -0.2) is 24.1 Å². The summed E-state index contributed by atoms with van der Waals surface area (Å²) in [6, 6.07) is 4.77. The van der Waals surface area contributed by atoms with E-state index in [-0.39, 0.29) is 30.4 Å². The fraction of sp³-hybridized carbons (Fsp3) is 0.462.